The van der Waals surface area contributed by atoms with E-state index < -0.39 is 8.07 Å². The summed E-state index contributed by atoms with van der Waals surface area (Å²) in [5, 5.41) is 4.04. The zero-order valence-electron chi connectivity index (χ0n) is 23.2. The Balaban J connectivity index is 0.00000280. The Bertz CT molecular complexity index is 1440. The van der Waals surface area contributed by atoms with Gasteiger partial charge in [-0.3, -0.25) is 0 Å². The van der Waals surface area contributed by atoms with E-state index in [-0.39, 0.29) is 25.5 Å². The molecule has 4 aromatic rings. The number of hydrogen-bond donors (Lipinski definition) is 0. The van der Waals surface area contributed by atoms with E-state index >= 15 is 0 Å². The van der Waals surface area contributed by atoms with Gasteiger partial charge < -0.3 is 9.40 Å². The molecule has 2 aliphatic carbocycles. The van der Waals surface area contributed by atoms with Crippen molar-refractivity contribution in [2.45, 2.75) is 90.3 Å². The van der Waals surface area contributed by atoms with E-state index in [0.717, 1.165) is 53.0 Å². The Morgan fingerprint density at radius 1 is 1.05 bits per heavy atom. The zero-order chi connectivity index (χ0) is 25.2. The van der Waals surface area contributed by atoms with Crippen LogP contribution in [0, 0.1) is 17.9 Å². The molecule has 4 heteroatoms. The summed E-state index contributed by atoms with van der Waals surface area (Å²) in [5.74, 6) is 2.55. The maximum Gasteiger partial charge on any atom is 0.120 e. The fourth-order valence-corrected chi connectivity index (χ4v) is 8.61. The van der Waals surface area contributed by atoms with Crippen molar-refractivity contribution in [3.05, 3.63) is 59.8 Å². The number of nitrogens with zero attached hydrogens (tertiary/aromatic N) is 1. The minimum atomic E-state index is -1.63. The second-order valence-corrected chi connectivity index (χ2v) is 17.9. The van der Waals surface area contributed by atoms with Crippen molar-refractivity contribution < 1.29 is 24.5 Å². The van der Waals surface area contributed by atoms with Gasteiger partial charge in [0.25, 0.3) is 0 Å². The minimum absolute atomic E-state index is 0. The Kier molecular flexibility index (Phi) is 7.09. The first kappa shape index (κ1) is 26.8. The van der Waals surface area contributed by atoms with Crippen molar-refractivity contribution in [2.24, 2.45) is 11.8 Å². The number of furan rings is 1. The molecule has 2 aliphatic rings. The predicted octanol–water partition coefficient (Wildman–Crippen LogP) is 8.97. The van der Waals surface area contributed by atoms with Gasteiger partial charge in [-0.25, -0.2) is 0 Å². The summed E-state index contributed by atoms with van der Waals surface area (Å²) < 4.78 is 6.68. The molecular formula is C33H40IrNOSi-. The molecule has 0 spiro atoms. The van der Waals surface area contributed by atoms with Crippen LogP contribution < -0.4 is 5.19 Å². The molecule has 0 aliphatic heterocycles. The van der Waals surface area contributed by atoms with Gasteiger partial charge in [0.15, 0.2) is 0 Å². The maximum absolute atomic E-state index is 6.68. The molecule has 0 N–H and O–H groups in total. The monoisotopic (exact) mass is 687 g/mol. The molecule has 2 fully saturated rings. The molecule has 2 aromatic carbocycles. The van der Waals surface area contributed by atoms with Crippen LogP contribution in [0.1, 0.15) is 76.3 Å². The molecule has 3 unspecified atom stereocenters. The van der Waals surface area contributed by atoms with Crippen molar-refractivity contribution >= 4 is 35.2 Å². The fourth-order valence-electron chi connectivity index (χ4n) is 7.11. The molecule has 6 rings (SSSR count). The van der Waals surface area contributed by atoms with Gasteiger partial charge in [-0.15, -0.1) is 17.3 Å². The molecular weight excluding hydrogens is 647 g/mol. The van der Waals surface area contributed by atoms with Gasteiger partial charge in [0.1, 0.15) is 5.58 Å². The molecule has 0 saturated heterocycles. The van der Waals surface area contributed by atoms with Crippen molar-refractivity contribution in [3.8, 4) is 11.3 Å². The number of pyridine rings is 1. The second kappa shape index (κ2) is 9.78. The smallest absolute Gasteiger partial charge is 0.120 e. The number of benzene rings is 2. The molecule has 2 bridgehead atoms. The van der Waals surface area contributed by atoms with Gasteiger partial charge in [0.2, 0.25) is 0 Å². The topological polar surface area (TPSA) is 26.0 Å². The van der Waals surface area contributed by atoms with Gasteiger partial charge >= 0.3 is 0 Å². The fraction of sp³-hybridized carbons (Fsp3) is 0.485. The third-order valence-corrected chi connectivity index (χ3v) is 11.8. The van der Waals surface area contributed by atoms with Crippen LogP contribution in [0.25, 0.3) is 33.2 Å². The van der Waals surface area contributed by atoms with Crippen molar-refractivity contribution in [1.29, 1.82) is 0 Å². The minimum Gasteiger partial charge on any atom is -0.501 e. The quantitative estimate of drug-likeness (QED) is 0.150. The summed E-state index contributed by atoms with van der Waals surface area (Å²) in [7, 11) is -1.63. The van der Waals surface area contributed by atoms with Gasteiger partial charge in [-0.05, 0) is 90.3 Å². The standard InChI is InChI=1S/C33H40NOSi.Ir/c1-7-33(3,8-2)24-15-16-34-28(20-24)25-12-14-30(36(4,5)6)31-27-19-23(11-13-29(27)35-32(25)31)26-18-21-9-10-22(26)17-21;/h11,13-16,19-22,26H,7-10,17-18H2,1-6H3;/q-1;. The predicted molar refractivity (Wildman–Crippen MR) is 155 cm³/mol. The average molecular weight is 687 g/mol. The van der Waals surface area contributed by atoms with Crippen LogP contribution >= 0.6 is 0 Å². The number of aromatic nitrogens is 1. The molecule has 3 atom stereocenters. The first-order valence-electron chi connectivity index (χ1n) is 14.1. The van der Waals surface area contributed by atoms with E-state index in [0.29, 0.717) is 0 Å². The summed E-state index contributed by atoms with van der Waals surface area (Å²) in [4.78, 5) is 4.83. The summed E-state index contributed by atoms with van der Waals surface area (Å²) in [5.41, 5.74) is 6.97. The van der Waals surface area contributed by atoms with Crippen molar-refractivity contribution in [2.75, 3.05) is 0 Å². The molecule has 2 heterocycles. The van der Waals surface area contributed by atoms with Crippen LogP contribution in [0.15, 0.2) is 47.0 Å². The van der Waals surface area contributed by atoms with E-state index in [9.17, 15) is 0 Å². The van der Waals surface area contributed by atoms with Crippen LogP contribution in [-0.2, 0) is 25.5 Å². The Morgan fingerprint density at radius 3 is 2.49 bits per heavy atom. The molecule has 37 heavy (non-hydrogen) atoms. The molecule has 1 radical (unpaired) electrons. The van der Waals surface area contributed by atoms with Gasteiger partial charge in [-0.2, -0.15) is 0 Å². The Morgan fingerprint density at radius 2 is 1.84 bits per heavy atom. The zero-order valence-corrected chi connectivity index (χ0v) is 26.6. The second-order valence-electron chi connectivity index (χ2n) is 12.9. The van der Waals surface area contributed by atoms with E-state index in [1.165, 1.54) is 52.8 Å². The molecule has 2 nitrogen and oxygen atoms in total. The van der Waals surface area contributed by atoms with E-state index in [2.05, 4.69) is 82.9 Å². The van der Waals surface area contributed by atoms with Crippen LogP contribution in [0.5, 0.6) is 0 Å². The molecule has 197 valence electrons. The Hall–Kier alpha value is -1.74. The van der Waals surface area contributed by atoms with Crippen LogP contribution in [0.4, 0.5) is 0 Å². The van der Waals surface area contributed by atoms with Gasteiger partial charge in [0, 0.05) is 39.8 Å². The summed E-state index contributed by atoms with van der Waals surface area (Å²) in [6, 6.07) is 17.4. The summed E-state index contributed by atoms with van der Waals surface area (Å²) in [6.45, 7) is 14.2. The molecule has 2 aromatic heterocycles. The third kappa shape index (κ3) is 4.47. The summed E-state index contributed by atoms with van der Waals surface area (Å²) >= 11 is 0. The summed E-state index contributed by atoms with van der Waals surface area (Å²) in [6.07, 6.45) is 9.85. The first-order valence-corrected chi connectivity index (χ1v) is 17.6. The normalized spacial score (nSPS) is 21.6. The van der Waals surface area contributed by atoms with Gasteiger partial charge in [0.05, 0.1) is 5.58 Å². The van der Waals surface area contributed by atoms with E-state index in [1.807, 2.05) is 6.20 Å². The molecule has 2 saturated carbocycles. The number of fused-ring (bicyclic) bond motifs is 5. The van der Waals surface area contributed by atoms with Crippen LogP contribution in [0.2, 0.25) is 19.6 Å². The first-order chi connectivity index (χ1) is 17.2. The van der Waals surface area contributed by atoms with Crippen molar-refractivity contribution in [3.63, 3.8) is 0 Å². The van der Waals surface area contributed by atoms with Gasteiger partial charge in [-0.1, -0.05) is 69.9 Å². The third-order valence-electron chi connectivity index (χ3n) is 9.82. The van der Waals surface area contributed by atoms with Crippen molar-refractivity contribution in [1.82, 2.24) is 4.98 Å². The van der Waals surface area contributed by atoms with Crippen LogP contribution in [-0.4, -0.2) is 13.1 Å². The largest absolute Gasteiger partial charge is 0.501 e. The van der Waals surface area contributed by atoms with Crippen LogP contribution in [0.3, 0.4) is 0 Å². The number of rotatable bonds is 6. The van der Waals surface area contributed by atoms with E-state index in [1.54, 1.807) is 0 Å². The number of hydrogen-bond acceptors (Lipinski definition) is 2. The Labute approximate surface area is 237 Å². The maximum atomic E-state index is 6.68. The SMILES string of the molecule is CCC(C)(CC)c1ccnc(-c2[c-]cc([Si](C)(C)C)c3c2oc2ccc(C4CC5CCC4C5)cc23)c1.[Ir]. The average Bonchev–Trinajstić information content (AvgIpc) is 3.61. The molecule has 0 amide bonds. The van der Waals surface area contributed by atoms with E-state index in [4.69, 9.17) is 9.40 Å².